The van der Waals surface area contributed by atoms with Gasteiger partial charge in [-0.1, -0.05) is 12.1 Å². The molecule has 1 saturated heterocycles. The Morgan fingerprint density at radius 1 is 1.25 bits per heavy atom. The van der Waals surface area contributed by atoms with Crippen molar-refractivity contribution in [3.63, 3.8) is 0 Å². The molecule has 6 heteroatoms. The number of carbonyl (C=O) groups excluding carboxylic acids is 1. The standard InChI is InChI=1S/C22H32N4O2/c1-24(2)16-18-15-20(23-25(18)3)21-7-5-6-14-26(21)22(27)13-10-17-8-11-19(28-4)12-9-17/h8-9,11-12,15,21H,5-7,10,13-14,16H2,1-4H3/t21-/m1/s1. The van der Waals surface area contributed by atoms with Gasteiger partial charge in [-0.05, 0) is 63.5 Å². The van der Waals surface area contributed by atoms with Gasteiger partial charge in [-0.25, -0.2) is 0 Å². The number of nitrogens with zero attached hydrogens (tertiary/aromatic N) is 4. The van der Waals surface area contributed by atoms with Crippen molar-refractivity contribution in [3.05, 3.63) is 47.3 Å². The maximum absolute atomic E-state index is 13.0. The first-order valence-electron chi connectivity index (χ1n) is 10.1. The van der Waals surface area contributed by atoms with Crippen molar-refractivity contribution in [1.29, 1.82) is 0 Å². The van der Waals surface area contributed by atoms with Gasteiger partial charge in [-0.15, -0.1) is 0 Å². The van der Waals surface area contributed by atoms with Crippen LogP contribution in [0.4, 0.5) is 0 Å². The first-order chi connectivity index (χ1) is 13.5. The second kappa shape index (κ2) is 9.24. The molecule has 6 nitrogen and oxygen atoms in total. The number of methoxy groups -OCH3 is 1. The maximum atomic E-state index is 13.0. The molecular weight excluding hydrogens is 352 g/mol. The van der Waals surface area contributed by atoms with Crippen molar-refractivity contribution in [2.45, 2.75) is 44.7 Å². The van der Waals surface area contributed by atoms with Crippen LogP contribution in [0, 0.1) is 0 Å². The van der Waals surface area contributed by atoms with Crippen molar-refractivity contribution in [3.8, 4) is 5.75 Å². The van der Waals surface area contributed by atoms with E-state index in [1.807, 2.05) is 36.0 Å². The van der Waals surface area contributed by atoms with Gasteiger partial charge in [0, 0.05) is 26.6 Å². The predicted molar refractivity (Wildman–Crippen MR) is 110 cm³/mol. The summed E-state index contributed by atoms with van der Waals surface area (Å²) in [6.07, 6.45) is 4.49. The van der Waals surface area contributed by atoms with Crippen LogP contribution < -0.4 is 4.74 Å². The lowest BCUT2D eigenvalue weighted by Gasteiger charge is -2.35. The summed E-state index contributed by atoms with van der Waals surface area (Å²) in [6.45, 7) is 1.67. The molecule has 1 fully saturated rings. The summed E-state index contributed by atoms with van der Waals surface area (Å²) in [5.41, 5.74) is 3.36. The van der Waals surface area contributed by atoms with Crippen LogP contribution in [0.3, 0.4) is 0 Å². The third-order valence-corrected chi connectivity index (χ3v) is 5.42. The highest BCUT2D eigenvalue weighted by atomic mass is 16.5. The summed E-state index contributed by atoms with van der Waals surface area (Å²) in [5, 5.41) is 4.74. The summed E-state index contributed by atoms with van der Waals surface area (Å²) in [7, 11) is 7.77. The number of carbonyl (C=O) groups is 1. The highest BCUT2D eigenvalue weighted by molar-refractivity contribution is 5.77. The Hall–Kier alpha value is -2.34. The van der Waals surface area contributed by atoms with E-state index in [1.54, 1.807) is 7.11 Å². The number of piperidine rings is 1. The van der Waals surface area contributed by atoms with Crippen LogP contribution in [0.2, 0.25) is 0 Å². The Morgan fingerprint density at radius 2 is 2.00 bits per heavy atom. The lowest BCUT2D eigenvalue weighted by Crippen LogP contribution is -2.38. The first kappa shape index (κ1) is 20.4. The van der Waals surface area contributed by atoms with E-state index in [-0.39, 0.29) is 11.9 Å². The number of hydrogen-bond donors (Lipinski definition) is 0. The van der Waals surface area contributed by atoms with Crippen LogP contribution in [-0.4, -0.2) is 53.2 Å². The highest BCUT2D eigenvalue weighted by Gasteiger charge is 2.29. The largest absolute Gasteiger partial charge is 0.497 e. The molecule has 0 aliphatic carbocycles. The molecule has 28 heavy (non-hydrogen) atoms. The Kier molecular flexibility index (Phi) is 6.73. The SMILES string of the molecule is COc1ccc(CCC(=O)N2CCCC[C@@H]2c2cc(CN(C)C)n(C)n2)cc1. The topological polar surface area (TPSA) is 50.6 Å². The molecule has 2 aromatic rings. The summed E-state index contributed by atoms with van der Waals surface area (Å²) in [6, 6.07) is 10.2. The van der Waals surface area contributed by atoms with Gasteiger partial charge in [0.15, 0.2) is 0 Å². The molecule has 1 aliphatic rings. The number of amides is 1. The fourth-order valence-corrected chi connectivity index (χ4v) is 3.89. The van der Waals surface area contributed by atoms with Gasteiger partial charge in [-0.3, -0.25) is 9.48 Å². The molecule has 1 atom stereocenters. The zero-order chi connectivity index (χ0) is 20.1. The molecule has 0 saturated carbocycles. The van der Waals surface area contributed by atoms with Crippen LogP contribution in [0.5, 0.6) is 5.75 Å². The number of likely N-dealkylation sites (tertiary alicyclic amines) is 1. The van der Waals surface area contributed by atoms with Gasteiger partial charge < -0.3 is 14.5 Å². The summed E-state index contributed by atoms with van der Waals surface area (Å²) in [4.78, 5) is 17.2. The van der Waals surface area contributed by atoms with E-state index in [4.69, 9.17) is 9.84 Å². The van der Waals surface area contributed by atoms with E-state index < -0.39 is 0 Å². The van der Waals surface area contributed by atoms with Gasteiger partial charge in [0.05, 0.1) is 24.5 Å². The van der Waals surface area contributed by atoms with E-state index in [1.165, 1.54) is 5.69 Å². The molecule has 0 radical (unpaired) electrons. The number of hydrogen-bond acceptors (Lipinski definition) is 4. The zero-order valence-corrected chi connectivity index (χ0v) is 17.5. The smallest absolute Gasteiger partial charge is 0.223 e. The van der Waals surface area contributed by atoms with E-state index in [2.05, 4.69) is 30.0 Å². The van der Waals surface area contributed by atoms with Gasteiger partial charge >= 0.3 is 0 Å². The molecule has 1 aromatic heterocycles. The molecule has 152 valence electrons. The van der Waals surface area contributed by atoms with Crippen molar-refractivity contribution in [2.24, 2.45) is 7.05 Å². The highest BCUT2D eigenvalue weighted by Crippen LogP contribution is 2.31. The van der Waals surface area contributed by atoms with E-state index in [0.29, 0.717) is 6.42 Å². The molecular formula is C22H32N4O2. The molecule has 0 N–H and O–H groups in total. The van der Waals surface area contributed by atoms with Crippen molar-refractivity contribution in [2.75, 3.05) is 27.7 Å². The molecule has 1 aliphatic heterocycles. The number of rotatable bonds is 7. The summed E-state index contributed by atoms with van der Waals surface area (Å²) >= 11 is 0. The normalized spacial score (nSPS) is 17.2. The first-order valence-corrected chi connectivity index (χ1v) is 10.1. The molecule has 3 rings (SSSR count). The lowest BCUT2D eigenvalue weighted by molar-refractivity contribution is -0.135. The zero-order valence-electron chi connectivity index (χ0n) is 17.5. The van der Waals surface area contributed by atoms with Crippen molar-refractivity contribution in [1.82, 2.24) is 19.6 Å². The van der Waals surface area contributed by atoms with E-state index in [0.717, 1.165) is 55.8 Å². The maximum Gasteiger partial charge on any atom is 0.223 e. The quantitative estimate of drug-likeness (QED) is 0.736. The Labute approximate surface area is 168 Å². The fourth-order valence-electron chi connectivity index (χ4n) is 3.89. The minimum Gasteiger partial charge on any atom is -0.497 e. The van der Waals surface area contributed by atoms with Crippen LogP contribution in [-0.2, 0) is 24.8 Å². The van der Waals surface area contributed by atoms with Crippen molar-refractivity contribution < 1.29 is 9.53 Å². The van der Waals surface area contributed by atoms with Crippen molar-refractivity contribution >= 4 is 5.91 Å². The average molecular weight is 385 g/mol. The number of ether oxygens (including phenoxy) is 1. The third kappa shape index (κ3) is 4.93. The second-order valence-corrected chi connectivity index (χ2v) is 7.87. The van der Waals surface area contributed by atoms with E-state index >= 15 is 0 Å². The summed E-state index contributed by atoms with van der Waals surface area (Å²) in [5.74, 6) is 1.06. The Morgan fingerprint density at radius 3 is 2.68 bits per heavy atom. The van der Waals surface area contributed by atoms with Crippen LogP contribution in [0.25, 0.3) is 0 Å². The van der Waals surface area contributed by atoms with Crippen LogP contribution >= 0.6 is 0 Å². The molecule has 1 aromatic carbocycles. The van der Waals surface area contributed by atoms with Crippen LogP contribution in [0.1, 0.15) is 48.7 Å². The minimum atomic E-state index is 0.0965. The summed E-state index contributed by atoms with van der Waals surface area (Å²) < 4.78 is 7.15. The molecule has 1 amide bonds. The minimum absolute atomic E-state index is 0.0965. The molecule has 2 heterocycles. The molecule has 0 unspecified atom stereocenters. The lowest BCUT2D eigenvalue weighted by atomic mass is 9.98. The number of benzene rings is 1. The second-order valence-electron chi connectivity index (χ2n) is 7.87. The van der Waals surface area contributed by atoms with Crippen LogP contribution in [0.15, 0.2) is 30.3 Å². The fraction of sp³-hybridized carbons (Fsp3) is 0.545. The van der Waals surface area contributed by atoms with Gasteiger partial charge in [-0.2, -0.15) is 5.10 Å². The Bertz CT molecular complexity index is 782. The Balaban J connectivity index is 1.67. The van der Waals surface area contributed by atoms with E-state index in [9.17, 15) is 4.79 Å². The predicted octanol–water partition coefficient (Wildman–Crippen LogP) is 3.18. The van der Waals surface area contributed by atoms with Gasteiger partial charge in [0.25, 0.3) is 0 Å². The van der Waals surface area contributed by atoms with Gasteiger partial charge in [0.1, 0.15) is 5.75 Å². The van der Waals surface area contributed by atoms with Gasteiger partial charge in [0.2, 0.25) is 5.91 Å². The molecule has 0 bridgehead atoms. The monoisotopic (exact) mass is 384 g/mol. The number of aromatic nitrogens is 2. The number of aryl methyl sites for hydroxylation is 2. The molecule has 0 spiro atoms. The average Bonchev–Trinajstić information content (AvgIpc) is 3.06. The third-order valence-electron chi connectivity index (χ3n) is 5.42.